The first-order chi connectivity index (χ1) is 12.5. The van der Waals surface area contributed by atoms with Crippen LogP contribution in [0.3, 0.4) is 0 Å². The highest BCUT2D eigenvalue weighted by molar-refractivity contribution is 5.91. The molecule has 3 heterocycles. The van der Waals surface area contributed by atoms with Gasteiger partial charge in [0.1, 0.15) is 12.2 Å². The monoisotopic (exact) mass is 360 g/mol. The van der Waals surface area contributed by atoms with Crippen LogP contribution in [0.4, 0.5) is 0 Å². The third-order valence-electron chi connectivity index (χ3n) is 4.52. The molecule has 1 saturated heterocycles. The average molecular weight is 360 g/mol. The van der Waals surface area contributed by atoms with Crippen LogP contribution in [0.2, 0.25) is 0 Å². The van der Waals surface area contributed by atoms with Crippen molar-refractivity contribution in [3.8, 4) is 0 Å². The van der Waals surface area contributed by atoms with Gasteiger partial charge < -0.3 is 9.42 Å². The molecule has 0 spiro atoms. The molecule has 0 aromatic carbocycles. The quantitative estimate of drug-likeness (QED) is 0.752. The van der Waals surface area contributed by atoms with E-state index in [2.05, 4.69) is 20.5 Å². The second-order valence-electron chi connectivity index (χ2n) is 6.96. The van der Waals surface area contributed by atoms with Gasteiger partial charge in [0.25, 0.3) is 0 Å². The molecule has 0 saturated carbocycles. The summed E-state index contributed by atoms with van der Waals surface area (Å²) in [5.74, 6) is 1.02. The predicted octanol–water partition coefficient (Wildman–Crippen LogP) is 2.13. The van der Waals surface area contributed by atoms with Crippen molar-refractivity contribution >= 4 is 11.7 Å². The highest BCUT2D eigenvalue weighted by Gasteiger charge is 2.31. The first-order valence-electron chi connectivity index (χ1n) is 8.99. The third kappa shape index (κ3) is 3.97. The van der Waals surface area contributed by atoms with Crippen molar-refractivity contribution in [2.24, 2.45) is 0 Å². The summed E-state index contributed by atoms with van der Waals surface area (Å²) < 4.78 is 6.73. The van der Waals surface area contributed by atoms with Gasteiger partial charge in [-0.3, -0.25) is 9.59 Å². The highest BCUT2D eigenvalue weighted by Crippen LogP contribution is 2.29. The Labute approximate surface area is 151 Å². The number of nitrogens with zero attached hydrogens (tertiary/aromatic N) is 6. The second-order valence-corrected chi connectivity index (χ2v) is 6.96. The molecular weight excluding hydrogens is 336 g/mol. The predicted molar refractivity (Wildman–Crippen MR) is 91.3 cm³/mol. The van der Waals surface area contributed by atoms with Crippen LogP contribution in [0.15, 0.2) is 10.7 Å². The molecule has 26 heavy (non-hydrogen) atoms. The van der Waals surface area contributed by atoms with Crippen molar-refractivity contribution in [3.63, 3.8) is 0 Å². The normalized spacial score (nSPS) is 18.2. The van der Waals surface area contributed by atoms with Crippen LogP contribution in [0.5, 0.6) is 0 Å². The van der Waals surface area contributed by atoms with E-state index in [1.54, 1.807) is 4.90 Å². The van der Waals surface area contributed by atoms with E-state index in [-0.39, 0.29) is 35.9 Å². The molecule has 1 aliphatic heterocycles. The number of amides is 1. The number of aromatic nitrogens is 5. The molecule has 0 radical (unpaired) electrons. The first-order valence-corrected chi connectivity index (χ1v) is 8.99. The molecule has 1 fully saturated rings. The number of likely N-dealkylation sites (tertiary alicyclic amines) is 1. The van der Waals surface area contributed by atoms with Crippen molar-refractivity contribution in [3.05, 3.63) is 23.6 Å². The molecule has 1 aliphatic rings. The molecule has 9 heteroatoms. The minimum Gasteiger partial charge on any atom is -0.339 e. The summed E-state index contributed by atoms with van der Waals surface area (Å²) in [4.78, 5) is 30.5. The number of hydrogen-bond acceptors (Lipinski definition) is 7. The summed E-state index contributed by atoms with van der Waals surface area (Å²) in [6.45, 7) is 6.08. The van der Waals surface area contributed by atoms with Gasteiger partial charge in [0.05, 0.1) is 12.2 Å². The first kappa shape index (κ1) is 18.2. The summed E-state index contributed by atoms with van der Waals surface area (Å²) in [6.07, 6.45) is 5.31. The maximum absolute atomic E-state index is 12.9. The Hall–Kier alpha value is -2.58. The van der Waals surface area contributed by atoms with Crippen LogP contribution in [0.25, 0.3) is 0 Å². The molecule has 1 unspecified atom stereocenters. The molecule has 2 aromatic heterocycles. The van der Waals surface area contributed by atoms with E-state index in [4.69, 9.17) is 4.52 Å². The largest absolute Gasteiger partial charge is 0.339 e. The lowest BCUT2D eigenvalue weighted by molar-refractivity contribution is -0.134. The van der Waals surface area contributed by atoms with E-state index < -0.39 is 0 Å². The Bertz CT molecular complexity index is 781. The fourth-order valence-electron chi connectivity index (χ4n) is 3.06. The lowest BCUT2D eigenvalue weighted by Crippen LogP contribution is -2.37. The Morgan fingerprint density at radius 2 is 2.12 bits per heavy atom. The van der Waals surface area contributed by atoms with Gasteiger partial charge in [-0.2, -0.15) is 4.98 Å². The van der Waals surface area contributed by atoms with Crippen molar-refractivity contribution in [1.82, 2.24) is 30.0 Å². The van der Waals surface area contributed by atoms with Crippen LogP contribution in [0, 0.1) is 0 Å². The van der Waals surface area contributed by atoms with E-state index in [1.807, 2.05) is 13.8 Å². The third-order valence-corrected chi connectivity index (χ3v) is 4.52. The molecule has 0 N–H and O–H groups in total. The van der Waals surface area contributed by atoms with E-state index >= 15 is 0 Å². The fraction of sp³-hybridized carbons (Fsp3) is 0.647. The Kier molecular flexibility index (Phi) is 5.43. The summed E-state index contributed by atoms with van der Waals surface area (Å²) in [5, 5.41) is 11.8. The minimum absolute atomic E-state index is 0.0334. The lowest BCUT2D eigenvalue weighted by atomic mass is 10.1. The fourth-order valence-corrected chi connectivity index (χ4v) is 3.06. The molecule has 1 amide bonds. The van der Waals surface area contributed by atoms with Gasteiger partial charge in [0.15, 0.2) is 11.6 Å². The van der Waals surface area contributed by atoms with Gasteiger partial charge in [-0.25, -0.2) is 4.68 Å². The topological polar surface area (TPSA) is 107 Å². The van der Waals surface area contributed by atoms with Gasteiger partial charge in [-0.05, 0) is 12.8 Å². The van der Waals surface area contributed by atoms with Crippen molar-refractivity contribution in [2.75, 3.05) is 6.54 Å². The second kappa shape index (κ2) is 7.76. The molecule has 2 aromatic rings. The van der Waals surface area contributed by atoms with E-state index in [0.717, 1.165) is 25.7 Å². The van der Waals surface area contributed by atoms with Crippen LogP contribution >= 0.6 is 0 Å². The molecule has 0 aliphatic carbocycles. The van der Waals surface area contributed by atoms with Crippen molar-refractivity contribution in [2.45, 2.75) is 65.0 Å². The molecule has 140 valence electrons. The molecule has 0 bridgehead atoms. The lowest BCUT2D eigenvalue weighted by Gasteiger charge is -2.27. The zero-order valence-electron chi connectivity index (χ0n) is 15.4. The van der Waals surface area contributed by atoms with Crippen LogP contribution in [-0.4, -0.2) is 48.3 Å². The summed E-state index contributed by atoms with van der Waals surface area (Å²) in [7, 11) is 0. The number of carbonyl (C=O) groups excluding carboxylic acids is 2. The van der Waals surface area contributed by atoms with Crippen LogP contribution < -0.4 is 0 Å². The standard InChI is InChI=1S/C17H24N6O3/c1-11(2)17-18-16(20-26-17)14-7-5-4-6-8-23(14)15(25)10-22-9-13(12(3)24)19-21-22/h9,11,14H,4-8,10H2,1-3H3. The SMILES string of the molecule is CC(=O)c1cn(CC(=O)N2CCCCCC2c2noc(C(C)C)n2)nn1. The highest BCUT2D eigenvalue weighted by atomic mass is 16.5. The maximum Gasteiger partial charge on any atom is 0.244 e. The molecule has 3 rings (SSSR count). The zero-order chi connectivity index (χ0) is 18.7. The number of Topliss-reactive ketones (excluding diaryl/α,β-unsaturated/α-hetero) is 1. The Balaban J connectivity index is 1.78. The van der Waals surface area contributed by atoms with Crippen molar-refractivity contribution in [1.29, 1.82) is 0 Å². The number of carbonyl (C=O) groups is 2. The van der Waals surface area contributed by atoms with Gasteiger partial charge in [0.2, 0.25) is 11.8 Å². The summed E-state index contributed by atoms with van der Waals surface area (Å²) in [5.41, 5.74) is 0.255. The summed E-state index contributed by atoms with van der Waals surface area (Å²) in [6, 6.07) is -0.197. The maximum atomic E-state index is 12.9. The number of hydrogen-bond donors (Lipinski definition) is 0. The molecule has 9 nitrogen and oxygen atoms in total. The van der Waals surface area contributed by atoms with Gasteiger partial charge in [-0.15, -0.1) is 5.10 Å². The van der Waals surface area contributed by atoms with Crippen LogP contribution in [0.1, 0.15) is 80.6 Å². The molecular formula is C17H24N6O3. The average Bonchev–Trinajstić information content (AvgIpc) is 3.19. The summed E-state index contributed by atoms with van der Waals surface area (Å²) >= 11 is 0. The van der Waals surface area contributed by atoms with Gasteiger partial charge in [-0.1, -0.05) is 37.1 Å². The van der Waals surface area contributed by atoms with E-state index in [0.29, 0.717) is 18.3 Å². The number of rotatable bonds is 5. The Morgan fingerprint density at radius 1 is 1.31 bits per heavy atom. The Morgan fingerprint density at radius 3 is 2.77 bits per heavy atom. The van der Waals surface area contributed by atoms with Crippen LogP contribution in [-0.2, 0) is 11.3 Å². The smallest absolute Gasteiger partial charge is 0.244 e. The molecule has 1 atom stereocenters. The van der Waals surface area contributed by atoms with Gasteiger partial charge in [0, 0.05) is 19.4 Å². The van der Waals surface area contributed by atoms with E-state index in [9.17, 15) is 9.59 Å². The zero-order valence-corrected chi connectivity index (χ0v) is 15.4. The number of ketones is 1. The minimum atomic E-state index is -0.197. The van der Waals surface area contributed by atoms with E-state index in [1.165, 1.54) is 17.8 Å². The van der Waals surface area contributed by atoms with Gasteiger partial charge >= 0.3 is 0 Å². The van der Waals surface area contributed by atoms with Crippen molar-refractivity contribution < 1.29 is 14.1 Å².